The summed E-state index contributed by atoms with van der Waals surface area (Å²) < 4.78 is 10.8. The van der Waals surface area contributed by atoms with Crippen LogP contribution in [-0.2, 0) is 22.3 Å². The Morgan fingerprint density at radius 3 is 2.07 bits per heavy atom. The van der Waals surface area contributed by atoms with E-state index >= 15 is 0 Å². The Bertz CT molecular complexity index is 879. The molecule has 0 N–H and O–H groups in total. The molecule has 0 amide bonds. The van der Waals surface area contributed by atoms with Gasteiger partial charge in [-0.25, -0.2) is 9.59 Å². The van der Waals surface area contributed by atoms with Gasteiger partial charge in [0.2, 0.25) is 0 Å². The summed E-state index contributed by atoms with van der Waals surface area (Å²) >= 11 is 6.18. The second-order valence-electron chi connectivity index (χ2n) is 6.62. The van der Waals surface area contributed by atoms with Crippen molar-refractivity contribution in [1.29, 1.82) is 0 Å². The maximum atomic E-state index is 13.0. The molecule has 1 aromatic carbocycles. The molecule has 0 unspecified atom stereocenters. The van der Waals surface area contributed by atoms with Gasteiger partial charge < -0.3 is 9.47 Å². The Morgan fingerprint density at radius 2 is 1.55 bits per heavy atom. The maximum absolute atomic E-state index is 13.0. The van der Waals surface area contributed by atoms with Crippen LogP contribution >= 0.6 is 11.6 Å². The number of halogens is 1. The molecule has 0 radical (unpaired) electrons. The molecule has 1 aromatic heterocycles. The zero-order valence-electron chi connectivity index (χ0n) is 17.5. The number of nitrogens with zero attached hydrogens (tertiary/aromatic N) is 1. The number of aromatic nitrogens is 1. The van der Waals surface area contributed by atoms with E-state index in [0.29, 0.717) is 77.6 Å². The standard InChI is InChI=1S/C23H28ClNO4/c1-5-12-28-22(26)19-17(7-3)20(23(27)29-13-6-2)21(25-18(19)8-4)15-10-9-11-16(24)14-15/h9-11,14H,5-8,12-13H2,1-4H3. The quantitative estimate of drug-likeness (QED) is 0.492. The molecule has 0 saturated carbocycles. The third kappa shape index (κ3) is 5.36. The van der Waals surface area contributed by atoms with Crippen molar-refractivity contribution in [3.05, 3.63) is 51.7 Å². The van der Waals surface area contributed by atoms with Gasteiger partial charge in [-0.2, -0.15) is 0 Å². The summed E-state index contributed by atoms with van der Waals surface area (Å²) in [5, 5.41) is 0.541. The highest BCUT2D eigenvalue weighted by atomic mass is 35.5. The van der Waals surface area contributed by atoms with E-state index in [2.05, 4.69) is 0 Å². The molecular formula is C23H28ClNO4. The van der Waals surface area contributed by atoms with Crippen LogP contribution in [0.4, 0.5) is 0 Å². The third-order valence-corrected chi connectivity index (χ3v) is 4.68. The molecule has 0 atom stereocenters. The van der Waals surface area contributed by atoms with Crippen molar-refractivity contribution in [1.82, 2.24) is 4.98 Å². The number of rotatable bonds is 9. The third-order valence-electron chi connectivity index (χ3n) is 4.45. The summed E-state index contributed by atoms with van der Waals surface area (Å²) in [5.74, 6) is -0.936. The molecule has 5 nitrogen and oxygen atoms in total. The molecule has 0 saturated heterocycles. The van der Waals surface area contributed by atoms with Gasteiger partial charge in [-0.3, -0.25) is 4.98 Å². The molecular weight excluding hydrogens is 390 g/mol. The number of esters is 2. The van der Waals surface area contributed by atoms with Crippen LogP contribution in [0.3, 0.4) is 0 Å². The minimum atomic E-state index is -0.488. The van der Waals surface area contributed by atoms with Crippen molar-refractivity contribution in [3.8, 4) is 11.3 Å². The molecule has 0 bridgehead atoms. The molecule has 0 aliphatic rings. The summed E-state index contributed by atoms with van der Waals surface area (Å²) in [7, 11) is 0. The monoisotopic (exact) mass is 417 g/mol. The van der Waals surface area contributed by atoms with Crippen molar-refractivity contribution in [2.24, 2.45) is 0 Å². The SMILES string of the molecule is CCCOC(=O)c1c(CC)nc(-c2cccc(Cl)c2)c(C(=O)OCCC)c1CC. The van der Waals surface area contributed by atoms with Crippen LogP contribution < -0.4 is 0 Å². The average Bonchev–Trinajstić information content (AvgIpc) is 2.73. The van der Waals surface area contributed by atoms with Gasteiger partial charge in [0.05, 0.1) is 35.7 Å². The second-order valence-corrected chi connectivity index (χ2v) is 7.06. The summed E-state index contributed by atoms with van der Waals surface area (Å²) in [6, 6.07) is 7.17. The highest BCUT2D eigenvalue weighted by molar-refractivity contribution is 6.30. The lowest BCUT2D eigenvalue weighted by Crippen LogP contribution is -2.20. The molecule has 6 heteroatoms. The summed E-state index contributed by atoms with van der Waals surface area (Å²) in [6.07, 6.45) is 2.41. The van der Waals surface area contributed by atoms with Crippen molar-refractivity contribution < 1.29 is 19.1 Å². The number of ether oxygens (including phenoxy) is 2. The summed E-state index contributed by atoms with van der Waals surface area (Å²) in [6.45, 7) is 8.30. The minimum absolute atomic E-state index is 0.294. The van der Waals surface area contributed by atoms with E-state index in [-0.39, 0.29) is 0 Å². The highest BCUT2D eigenvalue weighted by Crippen LogP contribution is 2.32. The van der Waals surface area contributed by atoms with Gasteiger partial charge in [0, 0.05) is 10.6 Å². The van der Waals surface area contributed by atoms with Gasteiger partial charge in [0.15, 0.2) is 0 Å². The first kappa shape index (κ1) is 22.9. The fourth-order valence-corrected chi connectivity index (χ4v) is 3.33. The molecule has 0 fully saturated rings. The minimum Gasteiger partial charge on any atom is -0.462 e. The Kier molecular flexibility index (Phi) is 8.65. The molecule has 0 spiro atoms. The van der Waals surface area contributed by atoms with Crippen LogP contribution in [-0.4, -0.2) is 30.1 Å². The number of hydrogen-bond acceptors (Lipinski definition) is 5. The van der Waals surface area contributed by atoms with Crippen LogP contribution in [0, 0.1) is 0 Å². The topological polar surface area (TPSA) is 65.5 Å². The van der Waals surface area contributed by atoms with Gasteiger partial charge in [0.1, 0.15) is 0 Å². The Balaban J connectivity index is 2.78. The zero-order chi connectivity index (χ0) is 21.4. The summed E-state index contributed by atoms with van der Waals surface area (Å²) in [5.41, 5.74) is 3.08. The molecule has 2 rings (SSSR count). The number of pyridine rings is 1. The van der Waals surface area contributed by atoms with Crippen LogP contribution in [0.25, 0.3) is 11.3 Å². The molecule has 156 valence electrons. The van der Waals surface area contributed by atoms with Crippen molar-refractivity contribution >= 4 is 23.5 Å². The van der Waals surface area contributed by atoms with Gasteiger partial charge in [-0.15, -0.1) is 0 Å². The predicted octanol–water partition coefficient (Wildman–Crippen LogP) is 5.66. The molecule has 29 heavy (non-hydrogen) atoms. The number of benzene rings is 1. The molecule has 2 aromatic rings. The van der Waals surface area contributed by atoms with E-state index in [1.807, 2.05) is 33.8 Å². The Labute approximate surface area is 177 Å². The van der Waals surface area contributed by atoms with E-state index in [0.717, 1.165) is 0 Å². The number of hydrogen-bond donors (Lipinski definition) is 0. The highest BCUT2D eigenvalue weighted by Gasteiger charge is 2.28. The average molecular weight is 418 g/mol. The fourth-order valence-electron chi connectivity index (χ4n) is 3.14. The largest absolute Gasteiger partial charge is 0.462 e. The first-order chi connectivity index (χ1) is 14.0. The van der Waals surface area contributed by atoms with Gasteiger partial charge in [-0.1, -0.05) is 51.4 Å². The lowest BCUT2D eigenvalue weighted by atomic mass is 9.92. The van der Waals surface area contributed by atoms with Crippen molar-refractivity contribution in [2.45, 2.75) is 53.4 Å². The van der Waals surface area contributed by atoms with E-state index in [4.69, 9.17) is 26.1 Å². The zero-order valence-corrected chi connectivity index (χ0v) is 18.3. The number of carbonyl (C=O) groups is 2. The predicted molar refractivity (Wildman–Crippen MR) is 115 cm³/mol. The summed E-state index contributed by atoms with van der Waals surface area (Å²) in [4.78, 5) is 30.5. The number of aryl methyl sites for hydroxylation is 1. The molecule has 0 aliphatic carbocycles. The Morgan fingerprint density at radius 1 is 0.931 bits per heavy atom. The van der Waals surface area contributed by atoms with Crippen LogP contribution in [0.15, 0.2) is 24.3 Å². The normalized spacial score (nSPS) is 10.7. The van der Waals surface area contributed by atoms with E-state index in [9.17, 15) is 9.59 Å². The smallest absolute Gasteiger partial charge is 0.340 e. The first-order valence-electron chi connectivity index (χ1n) is 10.1. The van der Waals surface area contributed by atoms with E-state index in [1.165, 1.54) is 0 Å². The maximum Gasteiger partial charge on any atom is 0.340 e. The van der Waals surface area contributed by atoms with E-state index in [1.54, 1.807) is 18.2 Å². The molecule has 0 aliphatic heterocycles. The number of carbonyl (C=O) groups excluding carboxylic acids is 2. The lowest BCUT2D eigenvalue weighted by Gasteiger charge is -2.19. The molecule has 1 heterocycles. The van der Waals surface area contributed by atoms with Crippen LogP contribution in [0.1, 0.15) is 72.5 Å². The lowest BCUT2D eigenvalue weighted by molar-refractivity contribution is 0.0499. The first-order valence-corrected chi connectivity index (χ1v) is 10.5. The van der Waals surface area contributed by atoms with E-state index < -0.39 is 11.9 Å². The van der Waals surface area contributed by atoms with Gasteiger partial charge in [0.25, 0.3) is 0 Å². The van der Waals surface area contributed by atoms with Crippen molar-refractivity contribution in [2.75, 3.05) is 13.2 Å². The van der Waals surface area contributed by atoms with Crippen LogP contribution in [0.2, 0.25) is 5.02 Å². The van der Waals surface area contributed by atoms with Gasteiger partial charge >= 0.3 is 11.9 Å². The Hall–Kier alpha value is -2.40. The second kappa shape index (κ2) is 11.0. The van der Waals surface area contributed by atoms with Crippen LogP contribution in [0.5, 0.6) is 0 Å². The van der Waals surface area contributed by atoms with Gasteiger partial charge in [-0.05, 0) is 43.4 Å². The fraction of sp³-hybridized carbons (Fsp3) is 0.435. The van der Waals surface area contributed by atoms with Crippen molar-refractivity contribution in [3.63, 3.8) is 0 Å².